The van der Waals surface area contributed by atoms with Gasteiger partial charge in [-0.3, -0.25) is 4.58 Å². The van der Waals surface area contributed by atoms with Crippen LogP contribution < -0.4 is 21.9 Å². The van der Waals surface area contributed by atoms with Crippen molar-refractivity contribution in [3.05, 3.63) is 65.2 Å². The maximum absolute atomic E-state index is 13.3. The first-order chi connectivity index (χ1) is 13.3. The Bertz CT molecular complexity index is 911. The molecular formula is C22H24BrF3N2O. The lowest BCUT2D eigenvalue weighted by Gasteiger charge is -2.29. The van der Waals surface area contributed by atoms with Crippen molar-refractivity contribution in [1.82, 2.24) is 0 Å². The average Bonchev–Trinajstić information content (AvgIpc) is 2.78. The Balaban J connectivity index is 0.00000240. The highest BCUT2D eigenvalue weighted by Gasteiger charge is 2.54. The van der Waals surface area contributed by atoms with Gasteiger partial charge in [-0.05, 0) is 44.4 Å². The number of halogens is 4. The number of amidine groups is 1. The van der Waals surface area contributed by atoms with Crippen LogP contribution in [-0.2, 0) is 11.9 Å². The summed E-state index contributed by atoms with van der Waals surface area (Å²) in [6.07, 6.45) is -0.621. The van der Waals surface area contributed by atoms with E-state index in [1.54, 1.807) is 11.0 Å². The fraction of sp³-hybridized carbons (Fsp3) is 0.409. The smallest absolute Gasteiger partial charge is 0.416 e. The number of nitrogens with zero attached hydrogens (tertiary/aromatic N) is 2. The number of rotatable bonds is 2. The van der Waals surface area contributed by atoms with E-state index in [0.29, 0.717) is 17.8 Å². The van der Waals surface area contributed by atoms with Crippen LogP contribution in [0.5, 0.6) is 0 Å². The summed E-state index contributed by atoms with van der Waals surface area (Å²) in [4.78, 5) is 1.72. The monoisotopic (exact) mass is 468 g/mol. The zero-order chi connectivity index (χ0) is 19.9. The molecule has 3 nitrogen and oxygen atoms in total. The molecule has 156 valence electrons. The van der Waals surface area contributed by atoms with Crippen LogP contribution in [0.1, 0.15) is 42.4 Å². The molecule has 0 bridgehead atoms. The molecule has 0 saturated heterocycles. The lowest BCUT2D eigenvalue weighted by Crippen LogP contribution is -3.00. The second kappa shape index (κ2) is 8.11. The van der Waals surface area contributed by atoms with Crippen molar-refractivity contribution < 1.29 is 39.8 Å². The van der Waals surface area contributed by atoms with Crippen molar-refractivity contribution in [3.8, 4) is 0 Å². The van der Waals surface area contributed by atoms with Crippen LogP contribution in [0.4, 0.5) is 18.9 Å². The molecule has 0 radical (unpaired) electrons. The first-order valence-electron chi connectivity index (χ1n) is 9.67. The maximum Gasteiger partial charge on any atom is 0.416 e. The minimum absolute atomic E-state index is 0. The van der Waals surface area contributed by atoms with Crippen LogP contribution in [0.2, 0.25) is 0 Å². The second-order valence-corrected chi connectivity index (χ2v) is 7.71. The van der Waals surface area contributed by atoms with Crippen LogP contribution in [0.15, 0.2) is 48.5 Å². The highest BCUT2D eigenvalue weighted by molar-refractivity contribution is 5.97. The standard InChI is InChI=1S/C22H24F3N2O.BrH/c1-16-9-11-17(12-10-16)21(28)15-26-13-4-2-3-8-20(26)27(21)19-7-5-6-18(14-19)22(23,24)25;/h5-7,9-12,14,28H,2-4,8,13,15H2,1H3;1H/q+1;/p-1. The molecule has 1 atom stereocenters. The molecule has 7 heteroatoms. The van der Waals surface area contributed by atoms with Crippen molar-refractivity contribution in [2.45, 2.75) is 44.5 Å². The Morgan fingerprint density at radius 3 is 2.45 bits per heavy atom. The number of aryl methyl sites for hydroxylation is 1. The largest absolute Gasteiger partial charge is 1.00 e. The van der Waals surface area contributed by atoms with Crippen LogP contribution in [-0.4, -0.2) is 28.6 Å². The summed E-state index contributed by atoms with van der Waals surface area (Å²) in [6.45, 7) is 3.12. The zero-order valence-corrected chi connectivity index (χ0v) is 17.8. The highest BCUT2D eigenvalue weighted by Crippen LogP contribution is 2.40. The minimum Gasteiger partial charge on any atom is -1.00 e. The maximum atomic E-state index is 13.3. The number of benzene rings is 2. The lowest BCUT2D eigenvalue weighted by atomic mass is 9.98. The van der Waals surface area contributed by atoms with Gasteiger partial charge in [0.2, 0.25) is 0 Å². The summed E-state index contributed by atoms with van der Waals surface area (Å²) in [5.41, 5.74) is 0.0281. The van der Waals surface area contributed by atoms with Crippen molar-refractivity contribution in [2.24, 2.45) is 0 Å². The fourth-order valence-electron chi connectivity index (χ4n) is 4.25. The molecule has 0 amide bonds. The predicted molar refractivity (Wildman–Crippen MR) is 102 cm³/mol. The van der Waals surface area contributed by atoms with Gasteiger partial charge in [0.25, 0.3) is 11.6 Å². The second-order valence-electron chi connectivity index (χ2n) is 7.71. The Hall–Kier alpha value is -1.86. The Labute approximate surface area is 179 Å². The normalized spacial score (nSPS) is 22.2. The average molecular weight is 469 g/mol. The number of hydrogen-bond acceptors (Lipinski definition) is 2. The quantitative estimate of drug-likeness (QED) is 0.678. The molecule has 0 saturated carbocycles. The van der Waals surface area contributed by atoms with E-state index in [1.165, 1.54) is 6.07 Å². The molecule has 4 rings (SSSR count). The van der Waals surface area contributed by atoms with E-state index in [1.807, 2.05) is 31.2 Å². The molecule has 0 aliphatic carbocycles. The number of hydrogen-bond donors (Lipinski definition) is 1. The Morgan fingerprint density at radius 1 is 1.03 bits per heavy atom. The molecule has 0 aromatic heterocycles. The van der Waals surface area contributed by atoms with E-state index in [4.69, 9.17) is 0 Å². The van der Waals surface area contributed by atoms with Crippen LogP contribution in [0, 0.1) is 6.92 Å². The topological polar surface area (TPSA) is 26.5 Å². The summed E-state index contributed by atoms with van der Waals surface area (Å²) < 4.78 is 42.1. The molecule has 0 fully saturated rings. The van der Waals surface area contributed by atoms with Gasteiger partial charge >= 0.3 is 6.18 Å². The summed E-state index contributed by atoms with van der Waals surface area (Å²) in [5.74, 6) is 0.903. The van der Waals surface area contributed by atoms with Crippen LogP contribution in [0.3, 0.4) is 0 Å². The minimum atomic E-state index is -4.43. The van der Waals surface area contributed by atoms with Crippen molar-refractivity contribution in [3.63, 3.8) is 0 Å². The molecular weight excluding hydrogens is 445 g/mol. The third-order valence-corrected chi connectivity index (χ3v) is 5.68. The van der Waals surface area contributed by atoms with Gasteiger partial charge in [0.05, 0.1) is 12.1 Å². The molecule has 1 unspecified atom stereocenters. The van der Waals surface area contributed by atoms with E-state index in [-0.39, 0.29) is 17.0 Å². The van der Waals surface area contributed by atoms with Gasteiger partial charge in [-0.15, -0.1) is 0 Å². The van der Waals surface area contributed by atoms with Gasteiger partial charge in [0.1, 0.15) is 5.69 Å². The summed E-state index contributed by atoms with van der Waals surface area (Å²) >= 11 is 0. The molecule has 2 aliphatic heterocycles. The molecule has 2 aromatic carbocycles. The molecule has 29 heavy (non-hydrogen) atoms. The predicted octanol–water partition coefficient (Wildman–Crippen LogP) is 1.67. The van der Waals surface area contributed by atoms with Gasteiger partial charge in [-0.1, -0.05) is 35.9 Å². The Kier molecular flexibility index (Phi) is 6.11. The van der Waals surface area contributed by atoms with E-state index in [2.05, 4.69) is 4.58 Å². The number of anilines is 1. The third kappa shape index (κ3) is 4.08. The molecule has 2 aromatic rings. The molecule has 2 aliphatic rings. The van der Waals surface area contributed by atoms with E-state index in [0.717, 1.165) is 55.8 Å². The van der Waals surface area contributed by atoms with Crippen molar-refractivity contribution in [2.75, 3.05) is 18.0 Å². The summed E-state index contributed by atoms with van der Waals surface area (Å²) in [6, 6.07) is 12.8. The Morgan fingerprint density at radius 2 is 1.76 bits per heavy atom. The number of aliphatic hydroxyl groups is 1. The molecule has 1 N–H and O–H groups in total. The molecule has 2 heterocycles. The highest BCUT2D eigenvalue weighted by atomic mass is 79.9. The van der Waals surface area contributed by atoms with Crippen LogP contribution in [0.25, 0.3) is 0 Å². The first-order valence-corrected chi connectivity index (χ1v) is 9.67. The summed E-state index contributed by atoms with van der Waals surface area (Å²) in [5, 5.41) is 11.8. The van der Waals surface area contributed by atoms with Crippen molar-refractivity contribution >= 4 is 11.5 Å². The van der Waals surface area contributed by atoms with Gasteiger partial charge in [0, 0.05) is 12.0 Å². The van der Waals surface area contributed by atoms with Crippen molar-refractivity contribution in [1.29, 1.82) is 0 Å². The zero-order valence-electron chi connectivity index (χ0n) is 16.2. The lowest BCUT2D eigenvalue weighted by molar-refractivity contribution is -0.534. The van der Waals surface area contributed by atoms with E-state index in [9.17, 15) is 18.3 Å². The van der Waals surface area contributed by atoms with E-state index >= 15 is 0 Å². The first kappa shape index (κ1) is 21.8. The fourth-order valence-corrected chi connectivity index (χ4v) is 4.25. The van der Waals surface area contributed by atoms with Gasteiger partial charge in [-0.25, -0.2) is 0 Å². The number of alkyl halides is 3. The van der Waals surface area contributed by atoms with Gasteiger partial charge in [-0.2, -0.15) is 18.1 Å². The SMILES string of the molecule is Cc1ccc(C2(O)C[N+]3=C(CCCCC3)N2c2cccc(C(F)(F)F)c2)cc1.[Br-]. The third-order valence-electron chi connectivity index (χ3n) is 5.68. The summed E-state index contributed by atoms with van der Waals surface area (Å²) in [7, 11) is 0. The van der Waals surface area contributed by atoms with Gasteiger partial charge < -0.3 is 22.1 Å². The van der Waals surface area contributed by atoms with Crippen LogP contribution >= 0.6 is 0 Å². The molecule has 0 spiro atoms. The van der Waals surface area contributed by atoms with Gasteiger partial charge in [0.15, 0.2) is 6.54 Å². The van der Waals surface area contributed by atoms with E-state index < -0.39 is 17.5 Å².